The van der Waals surface area contributed by atoms with Gasteiger partial charge in [-0.15, -0.1) is 0 Å². The van der Waals surface area contributed by atoms with E-state index in [1.54, 1.807) is 4.57 Å². The summed E-state index contributed by atoms with van der Waals surface area (Å²) in [6, 6.07) is 14.7. The van der Waals surface area contributed by atoms with Crippen molar-refractivity contribution in [2.24, 2.45) is 0 Å². The number of ether oxygens (including phenoxy) is 2. The van der Waals surface area contributed by atoms with Crippen LogP contribution in [0.2, 0.25) is 0 Å². The summed E-state index contributed by atoms with van der Waals surface area (Å²) in [6.07, 6.45) is 2.20. The van der Waals surface area contributed by atoms with Gasteiger partial charge in [0.05, 0.1) is 24.2 Å². The monoisotopic (exact) mass is 590 g/mol. The van der Waals surface area contributed by atoms with Crippen LogP contribution in [0.4, 0.5) is 0 Å². The van der Waals surface area contributed by atoms with Crippen LogP contribution in [-0.4, -0.2) is 63.2 Å². The molecule has 2 fully saturated rings. The minimum Gasteiger partial charge on any atom is -0.459 e. The number of benzene rings is 2. The largest absolute Gasteiger partial charge is 0.459 e. The molecule has 0 spiro atoms. The minimum absolute atomic E-state index is 0.208. The first-order valence-corrected chi connectivity index (χ1v) is 15.2. The summed E-state index contributed by atoms with van der Waals surface area (Å²) < 4.78 is 15.0. The van der Waals surface area contributed by atoms with Crippen molar-refractivity contribution in [2.45, 2.75) is 90.1 Å². The number of esters is 1. The summed E-state index contributed by atoms with van der Waals surface area (Å²) in [4.78, 5) is 53.1. The average Bonchev–Trinajstić information content (AvgIpc) is 3.25. The van der Waals surface area contributed by atoms with Crippen LogP contribution in [-0.2, 0) is 37.0 Å². The number of nitrogens with one attached hydrogen (secondary N) is 1. The number of hydrogen-bond acceptors (Lipinski definition) is 7. The van der Waals surface area contributed by atoms with Crippen molar-refractivity contribution in [1.82, 2.24) is 19.4 Å². The topological polar surface area (TPSA) is 112 Å². The summed E-state index contributed by atoms with van der Waals surface area (Å²) in [5.74, 6) is -0.761. The Kier molecular flexibility index (Phi) is 9.17. The van der Waals surface area contributed by atoms with Crippen molar-refractivity contribution >= 4 is 28.8 Å². The molecule has 0 saturated carbocycles. The van der Waals surface area contributed by atoms with Crippen molar-refractivity contribution in [3.63, 3.8) is 0 Å². The van der Waals surface area contributed by atoms with E-state index in [0.29, 0.717) is 38.2 Å². The van der Waals surface area contributed by atoms with Gasteiger partial charge in [-0.2, -0.15) is 0 Å². The molecule has 10 nitrogen and oxygen atoms in total. The molecule has 2 aromatic carbocycles. The van der Waals surface area contributed by atoms with Gasteiger partial charge in [-0.05, 0) is 89.2 Å². The number of aromatic nitrogens is 2. The third-order valence-electron chi connectivity index (χ3n) is 8.33. The van der Waals surface area contributed by atoms with Crippen molar-refractivity contribution in [3.8, 4) is 0 Å². The number of amides is 2. The van der Waals surface area contributed by atoms with Crippen LogP contribution >= 0.6 is 0 Å². The fourth-order valence-electron chi connectivity index (χ4n) is 6.19. The molecule has 3 heterocycles. The van der Waals surface area contributed by atoms with E-state index in [2.05, 4.69) is 16.3 Å². The minimum atomic E-state index is -0.705. The van der Waals surface area contributed by atoms with Gasteiger partial charge >= 0.3 is 11.7 Å². The summed E-state index contributed by atoms with van der Waals surface area (Å²) in [5.41, 5.74) is 2.83. The predicted octanol–water partition coefficient (Wildman–Crippen LogP) is 3.91. The van der Waals surface area contributed by atoms with Crippen molar-refractivity contribution in [2.75, 3.05) is 19.7 Å². The number of imidazole rings is 1. The highest BCUT2D eigenvalue weighted by Gasteiger charge is 2.35. The van der Waals surface area contributed by atoms with Crippen LogP contribution in [0.1, 0.15) is 76.5 Å². The van der Waals surface area contributed by atoms with Crippen molar-refractivity contribution < 1.29 is 23.9 Å². The molecule has 0 radical (unpaired) electrons. The molecule has 10 heteroatoms. The second kappa shape index (κ2) is 12.9. The first-order valence-electron chi connectivity index (χ1n) is 15.2. The molecule has 1 N–H and O–H groups in total. The molecule has 43 heavy (non-hydrogen) atoms. The molecule has 2 saturated heterocycles. The van der Waals surface area contributed by atoms with Gasteiger partial charge in [0.25, 0.3) is 0 Å². The van der Waals surface area contributed by atoms with Crippen LogP contribution < -0.4 is 11.0 Å². The molecule has 0 aliphatic carbocycles. The van der Waals surface area contributed by atoms with E-state index in [1.807, 2.05) is 70.2 Å². The van der Waals surface area contributed by atoms with Gasteiger partial charge in [0.1, 0.15) is 17.7 Å². The Morgan fingerprint density at radius 3 is 2.37 bits per heavy atom. The van der Waals surface area contributed by atoms with Gasteiger partial charge in [-0.25, -0.2) is 4.79 Å². The number of piperidine rings is 2. The van der Waals surface area contributed by atoms with E-state index >= 15 is 0 Å². The summed E-state index contributed by atoms with van der Waals surface area (Å²) >= 11 is 0. The van der Waals surface area contributed by atoms with E-state index in [9.17, 15) is 19.2 Å². The third kappa shape index (κ3) is 6.91. The van der Waals surface area contributed by atoms with Crippen LogP contribution in [0.5, 0.6) is 0 Å². The maximum Gasteiger partial charge on any atom is 0.329 e. The number of aryl methyl sites for hydroxylation is 1. The normalized spacial score (nSPS) is 19.4. The molecule has 3 aromatic rings. The molecular formula is C33H42N4O6. The standard InChI is InChI=1S/C33H42N4O6/c1-5-36-27-19-24(11-12-25(27)37(32(36)41)26-13-14-29(38)34-30(26)39)23-15-17-35(18-16-23)28(31(40)43-33(2,3)4)21-42-20-22-9-7-6-8-10-22/h6-12,19,23,26,28H,5,13-18,20-21H2,1-4H3,(H,34,38,39)/t26?,28-/m0/s1. The zero-order chi connectivity index (χ0) is 30.7. The Hall–Kier alpha value is -3.76. The summed E-state index contributed by atoms with van der Waals surface area (Å²) in [5, 5.41) is 2.37. The molecule has 2 atom stereocenters. The number of fused-ring (bicyclic) bond motifs is 1. The van der Waals surface area contributed by atoms with Gasteiger partial charge < -0.3 is 9.47 Å². The molecule has 2 amide bonds. The zero-order valence-corrected chi connectivity index (χ0v) is 25.5. The highest BCUT2D eigenvalue weighted by molar-refractivity contribution is 6.00. The molecule has 0 bridgehead atoms. The number of carbonyl (C=O) groups is 3. The van der Waals surface area contributed by atoms with E-state index in [1.165, 1.54) is 4.57 Å². The summed E-state index contributed by atoms with van der Waals surface area (Å²) in [7, 11) is 0. The zero-order valence-electron chi connectivity index (χ0n) is 25.5. The van der Waals surface area contributed by atoms with E-state index in [4.69, 9.17) is 9.47 Å². The highest BCUT2D eigenvalue weighted by Crippen LogP contribution is 2.32. The number of rotatable bonds is 9. The van der Waals surface area contributed by atoms with E-state index < -0.39 is 23.6 Å². The van der Waals surface area contributed by atoms with Crippen LogP contribution in [0.25, 0.3) is 11.0 Å². The van der Waals surface area contributed by atoms with Crippen LogP contribution in [0.15, 0.2) is 53.3 Å². The summed E-state index contributed by atoms with van der Waals surface area (Å²) in [6.45, 7) is 10.1. The first kappa shape index (κ1) is 30.7. The molecule has 1 unspecified atom stereocenters. The lowest BCUT2D eigenvalue weighted by atomic mass is 9.88. The second-order valence-corrected chi connectivity index (χ2v) is 12.5. The third-order valence-corrected chi connectivity index (χ3v) is 8.33. The predicted molar refractivity (Wildman–Crippen MR) is 163 cm³/mol. The van der Waals surface area contributed by atoms with E-state index in [-0.39, 0.29) is 36.5 Å². The number of nitrogens with zero attached hydrogens (tertiary/aromatic N) is 3. The molecule has 1 aromatic heterocycles. The van der Waals surface area contributed by atoms with E-state index in [0.717, 1.165) is 29.5 Å². The first-order chi connectivity index (χ1) is 20.6. The maximum absolute atomic E-state index is 13.4. The smallest absolute Gasteiger partial charge is 0.329 e. The number of likely N-dealkylation sites (tertiary alicyclic amines) is 1. The fraction of sp³-hybridized carbons (Fsp3) is 0.515. The van der Waals surface area contributed by atoms with Gasteiger partial charge in [0.2, 0.25) is 11.8 Å². The Balaban J connectivity index is 1.31. The van der Waals surface area contributed by atoms with Crippen molar-refractivity contribution in [1.29, 1.82) is 0 Å². The Morgan fingerprint density at radius 1 is 1.00 bits per heavy atom. The van der Waals surface area contributed by atoms with Gasteiger partial charge in [0.15, 0.2) is 0 Å². The molecule has 2 aliphatic heterocycles. The molecular weight excluding hydrogens is 548 g/mol. The number of imide groups is 1. The van der Waals surface area contributed by atoms with Gasteiger partial charge in [-0.1, -0.05) is 36.4 Å². The van der Waals surface area contributed by atoms with Gasteiger partial charge in [-0.3, -0.25) is 33.7 Å². The Bertz CT molecular complexity index is 1530. The lowest BCUT2D eigenvalue weighted by Crippen LogP contribution is -2.50. The molecule has 2 aliphatic rings. The molecule has 5 rings (SSSR count). The van der Waals surface area contributed by atoms with Crippen molar-refractivity contribution in [3.05, 3.63) is 70.1 Å². The van der Waals surface area contributed by atoms with Gasteiger partial charge in [0, 0.05) is 13.0 Å². The maximum atomic E-state index is 13.4. The quantitative estimate of drug-likeness (QED) is 0.297. The fourth-order valence-corrected chi connectivity index (χ4v) is 6.19. The number of carbonyl (C=O) groups excluding carboxylic acids is 3. The SMILES string of the molecule is CCn1c(=O)n(C2CCC(=O)NC2=O)c2ccc(C3CCN([C@@H](COCc4ccccc4)C(=O)OC(C)(C)C)CC3)cc21. The number of hydrogen-bond donors (Lipinski definition) is 1. The van der Waals surface area contributed by atoms with Crippen LogP contribution in [0.3, 0.4) is 0 Å². The average molecular weight is 591 g/mol. The van der Waals surface area contributed by atoms with Crippen LogP contribution in [0, 0.1) is 0 Å². The lowest BCUT2D eigenvalue weighted by Gasteiger charge is -2.37. The lowest BCUT2D eigenvalue weighted by molar-refractivity contribution is -0.164. The second-order valence-electron chi connectivity index (χ2n) is 12.5. The Labute approximate surface area is 251 Å². The highest BCUT2D eigenvalue weighted by atomic mass is 16.6. The Morgan fingerprint density at radius 2 is 1.72 bits per heavy atom. The molecule has 230 valence electrons.